The van der Waals surface area contributed by atoms with Gasteiger partial charge in [-0.05, 0) is 29.8 Å². The molecule has 0 unspecified atom stereocenters. The Morgan fingerprint density at radius 2 is 1.93 bits per heavy atom. The summed E-state index contributed by atoms with van der Waals surface area (Å²) in [6.07, 6.45) is 0.311. The van der Waals surface area contributed by atoms with Gasteiger partial charge in [-0.2, -0.15) is 0 Å². The van der Waals surface area contributed by atoms with Crippen LogP contribution in [0.5, 0.6) is 5.75 Å². The van der Waals surface area contributed by atoms with E-state index in [1.54, 1.807) is 42.1 Å². The molecule has 1 aliphatic heterocycles. The number of carbonyl (C=O) groups is 1. The van der Waals surface area contributed by atoms with E-state index in [0.717, 1.165) is 22.8 Å². The van der Waals surface area contributed by atoms with Gasteiger partial charge < -0.3 is 15.2 Å². The highest BCUT2D eigenvalue weighted by atomic mass is 35.5. The van der Waals surface area contributed by atoms with Gasteiger partial charge in [0.1, 0.15) is 18.4 Å². The van der Waals surface area contributed by atoms with E-state index in [1.165, 1.54) is 0 Å². The molecule has 3 N–H and O–H groups in total. The van der Waals surface area contributed by atoms with E-state index in [-0.39, 0.29) is 25.1 Å². The van der Waals surface area contributed by atoms with E-state index in [1.807, 2.05) is 12.1 Å². The van der Waals surface area contributed by atoms with E-state index in [0.29, 0.717) is 27.2 Å². The summed E-state index contributed by atoms with van der Waals surface area (Å²) in [6, 6.07) is 11.8. The van der Waals surface area contributed by atoms with Crippen LogP contribution in [0.2, 0.25) is 10.0 Å². The standard InChI is InChI=1S/C20H20Cl2N2O3S2.ClH/c21-15-2-1-3-16(22)14(15)9-27-13-6-4-12(5-7-13)8-17(20(25)26)24-19(28)18-10-29-11-23-18;/h1-7,17-18,23H,8-11H2,(H,24,28)(H,25,26);1H/t17-,18+;/m1./s1. The summed E-state index contributed by atoms with van der Waals surface area (Å²) in [5.74, 6) is 1.38. The molecular formula is C20H21Cl3N2O3S2. The van der Waals surface area contributed by atoms with Gasteiger partial charge in [0.2, 0.25) is 0 Å². The number of carboxylic acids is 1. The molecule has 3 rings (SSSR count). The summed E-state index contributed by atoms with van der Waals surface area (Å²) in [5, 5.41) is 16.9. The summed E-state index contributed by atoms with van der Waals surface area (Å²) in [5.41, 5.74) is 1.59. The predicted molar refractivity (Wildman–Crippen MR) is 130 cm³/mol. The SMILES string of the molecule is Cl.O=C(O)[C@@H](Cc1ccc(OCc2c(Cl)cccc2Cl)cc1)NC(=S)[C@@H]1CSCN1. The van der Waals surface area contributed by atoms with Crippen LogP contribution in [-0.2, 0) is 17.8 Å². The van der Waals surface area contributed by atoms with Gasteiger partial charge in [0.05, 0.1) is 11.0 Å². The van der Waals surface area contributed by atoms with Gasteiger partial charge in [-0.1, -0.05) is 53.6 Å². The Kier molecular flexibility index (Phi) is 10.0. The maximum absolute atomic E-state index is 11.6. The van der Waals surface area contributed by atoms with Crippen LogP contribution in [0.3, 0.4) is 0 Å². The number of carboxylic acid groups (broad SMARTS) is 1. The molecule has 2 aromatic carbocycles. The van der Waals surface area contributed by atoms with Gasteiger partial charge in [0, 0.05) is 33.7 Å². The van der Waals surface area contributed by atoms with Gasteiger partial charge in [-0.15, -0.1) is 24.2 Å². The molecule has 2 aromatic rings. The second-order valence-electron chi connectivity index (χ2n) is 6.51. The number of rotatable bonds is 8. The third-order valence-corrected chi connectivity index (χ3v) is 6.51. The molecular weight excluding hydrogens is 487 g/mol. The van der Waals surface area contributed by atoms with Crippen molar-refractivity contribution in [2.24, 2.45) is 0 Å². The summed E-state index contributed by atoms with van der Waals surface area (Å²) >= 11 is 19.4. The molecule has 0 amide bonds. The van der Waals surface area contributed by atoms with Crippen molar-refractivity contribution in [3.8, 4) is 5.75 Å². The number of aliphatic carboxylic acids is 1. The number of hydrogen-bond donors (Lipinski definition) is 3. The molecule has 0 aliphatic carbocycles. The Labute approximate surface area is 201 Å². The van der Waals surface area contributed by atoms with Crippen molar-refractivity contribution in [1.29, 1.82) is 0 Å². The molecule has 30 heavy (non-hydrogen) atoms. The first-order chi connectivity index (χ1) is 13.9. The molecule has 2 atom stereocenters. The van der Waals surface area contributed by atoms with Crippen LogP contribution in [0, 0.1) is 0 Å². The molecule has 0 bridgehead atoms. The summed E-state index contributed by atoms with van der Waals surface area (Å²) in [4.78, 5) is 12.2. The number of ether oxygens (including phenoxy) is 1. The zero-order chi connectivity index (χ0) is 20.8. The quantitative estimate of drug-likeness (QED) is 0.452. The number of benzene rings is 2. The van der Waals surface area contributed by atoms with E-state index in [4.69, 9.17) is 40.2 Å². The van der Waals surface area contributed by atoms with Crippen LogP contribution in [0.15, 0.2) is 42.5 Å². The Morgan fingerprint density at radius 1 is 1.27 bits per heavy atom. The Morgan fingerprint density at radius 3 is 2.50 bits per heavy atom. The molecule has 162 valence electrons. The van der Waals surface area contributed by atoms with Gasteiger partial charge in [0.25, 0.3) is 0 Å². The maximum atomic E-state index is 11.6. The fraction of sp³-hybridized carbons (Fsp3) is 0.300. The monoisotopic (exact) mass is 506 g/mol. The molecule has 1 aliphatic rings. The van der Waals surface area contributed by atoms with E-state index < -0.39 is 12.0 Å². The fourth-order valence-electron chi connectivity index (χ4n) is 2.82. The normalized spacial score (nSPS) is 16.4. The lowest BCUT2D eigenvalue weighted by molar-refractivity contribution is -0.139. The van der Waals surface area contributed by atoms with Crippen LogP contribution in [0.4, 0.5) is 0 Å². The second-order valence-corrected chi connectivity index (χ2v) is 8.79. The first-order valence-electron chi connectivity index (χ1n) is 8.93. The number of thiocarbonyl (C=S) groups is 1. The molecule has 1 heterocycles. The van der Waals surface area contributed by atoms with E-state index >= 15 is 0 Å². The summed E-state index contributed by atoms with van der Waals surface area (Å²) in [6.45, 7) is 0.248. The lowest BCUT2D eigenvalue weighted by Crippen LogP contribution is -2.49. The van der Waals surface area contributed by atoms with Gasteiger partial charge in [0.15, 0.2) is 0 Å². The molecule has 10 heteroatoms. The smallest absolute Gasteiger partial charge is 0.326 e. The third-order valence-electron chi connectivity index (χ3n) is 4.46. The zero-order valence-corrected chi connectivity index (χ0v) is 19.7. The van der Waals surface area contributed by atoms with Crippen molar-refractivity contribution in [2.45, 2.75) is 25.1 Å². The van der Waals surface area contributed by atoms with Gasteiger partial charge in [-0.3, -0.25) is 5.32 Å². The second kappa shape index (κ2) is 12.0. The minimum Gasteiger partial charge on any atom is -0.489 e. The predicted octanol–water partition coefficient (Wildman–Crippen LogP) is 4.57. The first-order valence-corrected chi connectivity index (χ1v) is 11.2. The molecule has 1 fully saturated rings. The molecule has 0 radical (unpaired) electrons. The van der Waals surface area contributed by atoms with Crippen molar-refractivity contribution in [1.82, 2.24) is 10.6 Å². The molecule has 5 nitrogen and oxygen atoms in total. The van der Waals surface area contributed by atoms with E-state index in [9.17, 15) is 9.90 Å². The minimum atomic E-state index is -0.938. The molecule has 1 saturated heterocycles. The minimum absolute atomic E-state index is 0. The molecule has 0 saturated carbocycles. The number of thioether (sulfide) groups is 1. The Bertz CT molecular complexity index is 858. The van der Waals surface area contributed by atoms with Crippen molar-refractivity contribution >= 4 is 70.5 Å². The fourth-order valence-corrected chi connectivity index (χ4v) is 4.70. The number of hydrogen-bond acceptors (Lipinski definition) is 5. The highest BCUT2D eigenvalue weighted by molar-refractivity contribution is 7.99. The van der Waals surface area contributed by atoms with Crippen molar-refractivity contribution < 1.29 is 14.6 Å². The number of nitrogens with one attached hydrogen (secondary N) is 2. The highest BCUT2D eigenvalue weighted by Crippen LogP contribution is 2.26. The van der Waals surface area contributed by atoms with Crippen LogP contribution >= 0.6 is 59.6 Å². The average molecular weight is 508 g/mol. The summed E-state index contributed by atoms with van der Waals surface area (Å²) < 4.78 is 5.76. The zero-order valence-electron chi connectivity index (χ0n) is 15.8. The molecule has 0 aromatic heterocycles. The highest BCUT2D eigenvalue weighted by Gasteiger charge is 2.25. The maximum Gasteiger partial charge on any atom is 0.326 e. The summed E-state index contributed by atoms with van der Waals surface area (Å²) in [7, 11) is 0. The van der Waals surface area contributed by atoms with Gasteiger partial charge in [-0.25, -0.2) is 4.79 Å². The van der Waals surface area contributed by atoms with Crippen molar-refractivity contribution in [2.75, 3.05) is 11.6 Å². The van der Waals surface area contributed by atoms with Crippen molar-refractivity contribution in [3.63, 3.8) is 0 Å². The topological polar surface area (TPSA) is 70.6 Å². The average Bonchev–Trinajstić information content (AvgIpc) is 3.23. The van der Waals surface area contributed by atoms with Crippen LogP contribution in [-0.4, -0.2) is 39.8 Å². The van der Waals surface area contributed by atoms with Gasteiger partial charge >= 0.3 is 5.97 Å². The lowest BCUT2D eigenvalue weighted by Gasteiger charge is -2.20. The van der Waals surface area contributed by atoms with Crippen LogP contribution < -0.4 is 15.4 Å². The van der Waals surface area contributed by atoms with Crippen LogP contribution in [0.1, 0.15) is 11.1 Å². The largest absolute Gasteiger partial charge is 0.489 e. The first kappa shape index (κ1) is 25.0. The van der Waals surface area contributed by atoms with Crippen molar-refractivity contribution in [3.05, 3.63) is 63.6 Å². The lowest BCUT2D eigenvalue weighted by atomic mass is 10.1. The van der Waals surface area contributed by atoms with Crippen LogP contribution in [0.25, 0.3) is 0 Å². The Balaban J connectivity index is 0.00000320. The third kappa shape index (κ3) is 6.90. The number of halogens is 3. The van der Waals surface area contributed by atoms with E-state index in [2.05, 4.69) is 10.6 Å². The Hall–Kier alpha value is -1.22. The molecule has 0 spiro atoms.